The molecule has 1 saturated heterocycles. The molecule has 33 heavy (non-hydrogen) atoms. The Balaban J connectivity index is 1.97. The fourth-order valence-electron chi connectivity index (χ4n) is 3.36. The number of nitrogens with zero attached hydrogens (tertiary/aromatic N) is 2. The lowest BCUT2D eigenvalue weighted by molar-refractivity contribution is -0.257. The molecule has 1 N–H and O–H groups in total. The van der Waals surface area contributed by atoms with Crippen molar-refractivity contribution in [3.05, 3.63) is 18.2 Å². The molecule has 13 nitrogen and oxygen atoms in total. The third-order valence-electron chi connectivity index (χ3n) is 4.55. The van der Waals surface area contributed by atoms with Gasteiger partial charge in [0, 0.05) is 33.8 Å². The molecule has 0 aliphatic carbocycles. The summed E-state index contributed by atoms with van der Waals surface area (Å²) in [6, 6.07) is 3.61. The second-order valence-corrected chi connectivity index (χ2v) is 7.25. The molecular weight excluding hydrogens is 442 g/mol. The highest BCUT2D eigenvalue weighted by molar-refractivity contribution is 5.75. The van der Waals surface area contributed by atoms with Crippen molar-refractivity contribution >= 4 is 34.8 Å². The second-order valence-electron chi connectivity index (χ2n) is 7.25. The Morgan fingerprint density at radius 2 is 1.61 bits per heavy atom. The Bertz CT molecular complexity index is 1040. The summed E-state index contributed by atoms with van der Waals surface area (Å²) in [4.78, 5) is 46.9. The lowest BCUT2D eigenvalue weighted by Gasteiger charge is -2.44. The molecule has 13 heteroatoms. The smallest absolute Gasteiger partial charge is 0.303 e. The summed E-state index contributed by atoms with van der Waals surface area (Å²) < 4.78 is 32.3. The molecule has 0 radical (unpaired) electrons. The zero-order valence-corrected chi connectivity index (χ0v) is 18.3. The van der Waals surface area contributed by atoms with Gasteiger partial charge in [-0.2, -0.15) is 0 Å². The summed E-state index contributed by atoms with van der Waals surface area (Å²) in [6.07, 6.45) is -4.73. The zero-order chi connectivity index (χ0) is 24.1. The van der Waals surface area contributed by atoms with E-state index in [-0.39, 0.29) is 12.4 Å². The highest BCUT2D eigenvalue weighted by atomic mass is 16.7. The average molecular weight is 465 g/mol. The van der Waals surface area contributed by atoms with E-state index in [9.17, 15) is 19.2 Å². The Kier molecular flexibility index (Phi) is 7.43. The van der Waals surface area contributed by atoms with Crippen molar-refractivity contribution < 1.29 is 47.5 Å². The molecule has 2 aromatic rings. The molecule has 1 amide bonds. The van der Waals surface area contributed by atoms with Crippen molar-refractivity contribution in [2.45, 2.75) is 58.3 Å². The number of esters is 3. The van der Waals surface area contributed by atoms with Gasteiger partial charge < -0.3 is 29.0 Å². The van der Waals surface area contributed by atoms with Crippen molar-refractivity contribution in [3.63, 3.8) is 0 Å². The number of fused-ring (bicyclic) bond motifs is 1. The van der Waals surface area contributed by atoms with Gasteiger partial charge in [-0.1, -0.05) is 0 Å². The van der Waals surface area contributed by atoms with E-state index in [0.29, 0.717) is 11.0 Å². The van der Waals surface area contributed by atoms with Crippen LogP contribution in [0.4, 0.5) is 0 Å². The molecule has 1 aliphatic heterocycles. The molecule has 1 fully saturated rings. The number of rotatable bonds is 7. The Morgan fingerprint density at radius 3 is 2.24 bits per heavy atom. The third-order valence-corrected chi connectivity index (χ3v) is 4.55. The van der Waals surface area contributed by atoms with Crippen LogP contribution < -0.4 is 10.1 Å². The number of aromatic nitrogens is 2. The number of ether oxygens (including phenoxy) is 5. The number of amides is 1. The van der Waals surface area contributed by atoms with Crippen molar-refractivity contribution in [2.24, 2.45) is 0 Å². The van der Waals surface area contributed by atoms with Gasteiger partial charge in [0.15, 0.2) is 12.2 Å². The van der Waals surface area contributed by atoms with Gasteiger partial charge in [0.05, 0.1) is 0 Å². The molecule has 0 saturated carbocycles. The molecule has 2 heterocycles. The quantitative estimate of drug-likeness (QED) is 0.438. The molecule has 1 aromatic heterocycles. The largest absolute Gasteiger partial charge is 0.463 e. The Hall–Kier alpha value is -3.74. The number of carbonyl (C=O) groups is 4. The van der Waals surface area contributed by atoms with Crippen LogP contribution in [0.15, 0.2) is 22.8 Å². The topological polar surface area (TPSA) is 165 Å². The Labute approximate surface area is 187 Å². The highest BCUT2D eigenvalue weighted by Gasteiger charge is 2.52. The molecule has 178 valence electrons. The lowest BCUT2D eigenvalue weighted by Crippen LogP contribution is -2.67. The van der Waals surface area contributed by atoms with Crippen LogP contribution in [0.5, 0.6) is 5.75 Å². The second kappa shape index (κ2) is 10.3. The maximum Gasteiger partial charge on any atom is 0.303 e. The van der Waals surface area contributed by atoms with Gasteiger partial charge in [0.25, 0.3) is 0 Å². The summed E-state index contributed by atoms with van der Waals surface area (Å²) in [7, 11) is 0. The van der Waals surface area contributed by atoms with E-state index in [1.165, 1.54) is 19.9 Å². The van der Waals surface area contributed by atoms with Crippen molar-refractivity contribution in [2.75, 3.05) is 6.61 Å². The fourth-order valence-corrected chi connectivity index (χ4v) is 3.36. The third kappa shape index (κ3) is 6.16. The standard InChI is InChI=1S/C20H23N3O10/c1-9(24)21-17-19(30-12(4)27)18(29-11(3)26)16(8-28-10(2)25)32-20(17)31-13-5-6-14-15(7-13)23-33-22-14/h5-7,16-20H,8H2,1-4H3,(H,21,24)/t16?,17?,18-,19?,20-/m1/s1. The first-order valence-corrected chi connectivity index (χ1v) is 9.93. The normalized spacial score (nSPS) is 24.5. The van der Waals surface area contributed by atoms with E-state index >= 15 is 0 Å². The van der Waals surface area contributed by atoms with E-state index in [1.54, 1.807) is 12.1 Å². The average Bonchev–Trinajstić information content (AvgIpc) is 3.18. The first kappa shape index (κ1) is 23.9. The number of hydrogen-bond donors (Lipinski definition) is 1. The molecule has 5 atom stereocenters. The van der Waals surface area contributed by atoms with Crippen LogP contribution in [0.2, 0.25) is 0 Å². The van der Waals surface area contributed by atoms with Crippen molar-refractivity contribution in [1.29, 1.82) is 0 Å². The molecule has 3 rings (SSSR count). The minimum absolute atomic E-state index is 0.275. The fraction of sp³-hybridized carbons (Fsp3) is 0.500. The summed E-state index contributed by atoms with van der Waals surface area (Å²) in [5.74, 6) is -2.20. The summed E-state index contributed by atoms with van der Waals surface area (Å²) in [5.41, 5.74) is 0.899. The van der Waals surface area contributed by atoms with E-state index in [1.807, 2.05) is 0 Å². The van der Waals surface area contributed by atoms with Gasteiger partial charge in [-0.3, -0.25) is 19.2 Å². The van der Waals surface area contributed by atoms with Crippen LogP contribution in [-0.2, 0) is 38.1 Å². The van der Waals surface area contributed by atoms with Gasteiger partial charge in [-0.05, 0) is 22.4 Å². The highest BCUT2D eigenvalue weighted by Crippen LogP contribution is 2.30. The summed E-state index contributed by atoms with van der Waals surface area (Å²) in [6.45, 7) is 4.44. The van der Waals surface area contributed by atoms with Gasteiger partial charge in [0.2, 0.25) is 12.2 Å². The predicted molar refractivity (Wildman–Crippen MR) is 106 cm³/mol. The Morgan fingerprint density at radius 1 is 0.939 bits per heavy atom. The molecule has 3 unspecified atom stereocenters. The number of nitrogens with one attached hydrogen (secondary N) is 1. The molecule has 1 aliphatic rings. The monoisotopic (exact) mass is 465 g/mol. The van der Waals surface area contributed by atoms with Crippen LogP contribution >= 0.6 is 0 Å². The maximum atomic E-state index is 11.9. The summed E-state index contributed by atoms with van der Waals surface area (Å²) in [5, 5.41) is 10.1. The van der Waals surface area contributed by atoms with E-state index in [2.05, 4.69) is 20.3 Å². The van der Waals surface area contributed by atoms with Crippen LogP contribution in [0, 0.1) is 0 Å². The van der Waals surface area contributed by atoms with Gasteiger partial charge >= 0.3 is 17.9 Å². The first-order valence-electron chi connectivity index (χ1n) is 9.93. The van der Waals surface area contributed by atoms with Gasteiger partial charge in [-0.25, -0.2) is 4.63 Å². The summed E-state index contributed by atoms with van der Waals surface area (Å²) >= 11 is 0. The molecule has 0 bridgehead atoms. The van der Waals surface area contributed by atoms with Gasteiger partial charge in [-0.15, -0.1) is 0 Å². The van der Waals surface area contributed by atoms with Crippen LogP contribution in [0.25, 0.3) is 11.0 Å². The van der Waals surface area contributed by atoms with Gasteiger partial charge in [0.1, 0.15) is 35.5 Å². The van der Waals surface area contributed by atoms with E-state index in [0.717, 1.165) is 13.8 Å². The van der Waals surface area contributed by atoms with E-state index < -0.39 is 54.5 Å². The van der Waals surface area contributed by atoms with Crippen LogP contribution in [0.3, 0.4) is 0 Å². The number of carbonyl (C=O) groups excluding carboxylic acids is 4. The minimum Gasteiger partial charge on any atom is -0.463 e. The zero-order valence-electron chi connectivity index (χ0n) is 18.3. The SMILES string of the molecule is CC(=O)NC1C(OC(C)=O)[C@H](OC(C)=O)C(COC(C)=O)O[C@H]1Oc1ccc2nonc2c1. The molecule has 0 spiro atoms. The van der Waals surface area contributed by atoms with Crippen molar-refractivity contribution in [3.8, 4) is 5.75 Å². The number of benzene rings is 1. The van der Waals surface area contributed by atoms with E-state index in [4.69, 9.17) is 23.7 Å². The molecular formula is C20H23N3O10. The minimum atomic E-state index is -1.23. The lowest BCUT2D eigenvalue weighted by atomic mass is 9.96. The van der Waals surface area contributed by atoms with Crippen molar-refractivity contribution in [1.82, 2.24) is 15.6 Å². The molecule has 1 aromatic carbocycles. The number of hydrogen-bond acceptors (Lipinski definition) is 12. The van der Waals surface area contributed by atoms with Crippen LogP contribution in [0.1, 0.15) is 27.7 Å². The predicted octanol–water partition coefficient (Wildman–Crippen LogP) is 0.258. The van der Waals surface area contributed by atoms with Crippen LogP contribution in [-0.4, -0.2) is 71.4 Å². The maximum absolute atomic E-state index is 11.9. The first-order chi connectivity index (χ1) is 15.6.